The van der Waals surface area contributed by atoms with Crippen LogP contribution in [0, 0.1) is 0 Å². The van der Waals surface area contributed by atoms with Crippen molar-refractivity contribution in [1.29, 1.82) is 0 Å². The molecule has 9 nitrogen and oxygen atoms in total. The third-order valence-corrected chi connectivity index (χ3v) is 7.33. The number of nitrogens with two attached hydrogens (primary N) is 1. The summed E-state index contributed by atoms with van der Waals surface area (Å²) in [5, 5.41) is 4.02. The molecule has 0 aliphatic heterocycles. The Morgan fingerprint density at radius 3 is 2.13 bits per heavy atom. The molecule has 4 aromatic rings. The van der Waals surface area contributed by atoms with Crippen molar-refractivity contribution < 1.29 is 22.7 Å². The van der Waals surface area contributed by atoms with Crippen molar-refractivity contribution in [3.63, 3.8) is 0 Å². The zero-order valence-electron chi connectivity index (χ0n) is 20.8. The van der Waals surface area contributed by atoms with E-state index in [0.29, 0.717) is 11.3 Å². The summed E-state index contributed by atoms with van der Waals surface area (Å²) in [6.45, 7) is -0.208. The van der Waals surface area contributed by atoms with Crippen LogP contribution >= 0.6 is 0 Å². The van der Waals surface area contributed by atoms with E-state index in [0.717, 1.165) is 5.56 Å². The minimum Gasteiger partial charge on any atom is -0.484 e. The first kappa shape index (κ1) is 27.1. The molecule has 0 fully saturated rings. The van der Waals surface area contributed by atoms with Gasteiger partial charge in [-0.15, -0.1) is 0 Å². The Labute approximate surface area is 226 Å². The van der Waals surface area contributed by atoms with Crippen molar-refractivity contribution in [2.24, 2.45) is 10.8 Å². The van der Waals surface area contributed by atoms with Gasteiger partial charge in [0.05, 0.1) is 28.9 Å². The molecule has 198 valence electrons. The third kappa shape index (κ3) is 7.08. The molecule has 0 aliphatic carbocycles. The van der Waals surface area contributed by atoms with Gasteiger partial charge in [-0.05, 0) is 59.7 Å². The minimum atomic E-state index is -4.01. The van der Waals surface area contributed by atoms with Crippen LogP contribution in [0.3, 0.4) is 0 Å². The number of benzene rings is 4. The topological polar surface area (TPSA) is 131 Å². The molecule has 0 atom stereocenters. The van der Waals surface area contributed by atoms with E-state index < -0.39 is 21.8 Å². The van der Waals surface area contributed by atoms with Crippen molar-refractivity contribution in [3.05, 3.63) is 126 Å². The van der Waals surface area contributed by atoms with Crippen molar-refractivity contribution in [3.8, 4) is 5.75 Å². The smallest absolute Gasteiger partial charge is 0.273 e. The molecular weight excluding hydrogens is 516 g/mol. The van der Waals surface area contributed by atoms with Gasteiger partial charge in [0.2, 0.25) is 0 Å². The van der Waals surface area contributed by atoms with Gasteiger partial charge < -0.3 is 10.5 Å². The Kier molecular flexibility index (Phi) is 8.70. The number of anilines is 1. The average molecular weight is 543 g/mol. The fourth-order valence-corrected chi connectivity index (χ4v) is 5.17. The van der Waals surface area contributed by atoms with Gasteiger partial charge in [-0.1, -0.05) is 60.7 Å². The van der Waals surface area contributed by atoms with Crippen molar-refractivity contribution in [1.82, 2.24) is 5.43 Å². The maximum atomic E-state index is 13.8. The standard InChI is InChI=1S/C29H26N4O5S/c30-28(34)21-38-24-17-15-22(16-18-24)19-31-32-29(35)26-13-7-8-14-27(26)33(20-23-9-3-1-4-10-23)39(36,37)25-11-5-2-6-12-25/h1-19H,20-21H2,(H2,30,34)(H,32,35)/b31-19-. The molecule has 10 heteroatoms. The summed E-state index contributed by atoms with van der Waals surface area (Å²) >= 11 is 0. The van der Waals surface area contributed by atoms with E-state index >= 15 is 0 Å². The van der Waals surface area contributed by atoms with Crippen LogP contribution in [0.25, 0.3) is 0 Å². The van der Waals surface area contributed by atoms with Gasteiger partial charge in [0.1, 0.15) is 5.75 Å². The second-order valence-electron chi connectivity index (χ2n) is 8.35. The van der Waals surface area contributed by atoms with E-state index in [1.54, 1.807) is 66.7 Å². The van der Waals surface area contributed by atoms with Crippen LogP contribution in [0.5, 0.6) is 5.75 Å². The minimum absolute atomic E-state index is 0.0236. The molecule has 4 rings (SSSR count). The molecule has 0 saturated heterocycles. The lowest BCUT2D eigenvalue weighted by Gasteiger charge is -2.26. The Bertz CT molecular complexity index is 1560. The Hall–Kier alpha value is -4.96. The molecule has 0 aliphatic rings. The molecule has 39 heavy (non-hydrogen) atoms. The second kappa shape index (κ2) is 12.5. The van der Waals surface area contributed by atoms with Gasteiger partial charge in [0.15, 0.2) is 6.61 Å². The summed E-state index contributed by atoms with van der Waals surface area (Å²) in [5.74, 6) is -0.700. The number of carbonyl (C=O) groups is 2. The number of sulfonamides is 1. The number of amides is 2. The number of hydrogen-bond acceptors (Lipinski definition) is 6. The maximum Gasteiger partial charge on any atom is 0.273 e. The fraction of sp³-hybridized carbons (Fsp3) is 0.0690. The average Bonchev–Trinajstić information content (AvgIpc) is 2.96. The van der Waals surface area contributed by atoms with E-state index in [1.807, 2.05) is 30.3 Å². The van der Waals surface area contributed by atoms with E-state index in [4.69, 9.17) is 10.5 Å². The number of hydrogen-bond donors (Lipinski definition) is 2. The highest BCUT2D eigenvalue weighted by Gasteiger charge is 2.28. The van der Waals surface area contributed by atoms with E-state index in [-0.39, 0.29) is 29.3 Å². The predicted molar refractivity (Wildman–Crippen MR) is 149 cm³/mol. The first-order valence-electron chi connectivity index (χ1n) is 11.9. The maximum absolute atomic E-state index is 13.8. The number of nitrogens with zero attached hydrogens (tertiary/aromatic N) is 2. The highest BCUT2D eigenvalue weighted by molar-refractivity contribution is 7.92. The van der Waals surface area contributed by atoms with Gasteiger partial charge in [0, 0.05) is 0 Å². The Balaban J connectivity index is 1.59. The third-order valence-electron chi connectivity index (χ3n) is 5.56. The van der Waals surface area contributed by atoms with Crippen molar-refractivity contribution >= 4 is 33.7 Å². The highest BCUT2D eigenvalue weighted by atomic mass is 32.2. The lowest BCUT2D eigenvalue weighted by molar-refractivity contribution is -0.119. The van der Waals surface area contributed by atoms with Crippen molar-refractivity contribution in [2.75, 3.05) is 10.9 Å². The fourth-order valence-electron chi connectivity index (χ4n) is 3.68. The van der Waals surface area contributed by atoms with E-state index in [2.05, 4.69) is 10.5 Å². The van der Waals surface area contributed by atoms with E-state index in [9.17, 15) is 18.0 Å². The van der Waals surface area contributed by atoms with Crippen LogP contribution in [0.4, 0.5) is 5.69 Å². The molecule has 0 heterocycles. The van der Waals surface area contributed by atoms with Crippen LogP contribution in [-0.4, -0.2) is 33.1 Å². The predicted octanol–water partition coefficient (Wildman–Crippen LogP) is 3.71. The van der Waals surface area contributed by atoms with Crippen LogP contribution in [-0.2, 0) is 21.4 Å². The highest BCUT2D eigenvalue weighted by Crippen LogP contribution is 2.29. The summed E-state index contributed by atoms with van der Waals surface area (Å²) in [6, 6.07) is 30.3. The molecule has 0 aromatic heterocycles. The summed E-state index contributed by atoms with van der Waals surface area (Å²) in [5.41, 5.74) is 9.31. The molecule has 2 amide bonds. The molecule has 4 aromatic carbocycles. The molecule has 0 spiro atoms. The summed E-state index contributed by atoms with van der Waals surface area (Å²) in [4.78, 5) is 24.1. The first-order chi connectivity index (χ1) is 18.8. The van der Waals surface area contributed by atoms with Crippen LogP contribution in [0.1, 0.15) is 21.5 Å². The summed E-state index contributed by atoms with van der Waals surface area (Å²) < 4.78 is 33.9. The Morgan fingerprint density at radius 2 is 1.46 bits per heavy atom. The number of carbonyl (C=O) groups excluding carboxylic acids is 2. The zero-order valence-corrected chi connectivity index (χ0v) is 21.6. The first-order valence-corrected chi connectivity index (χ1v) is 13.3. The quantitative estimate of drug-likeness (QED) is 0.220. The van der Waals surface area contributed by atoms with Gasteiger partial charge >= 0.3 is 0 Å². The molecule has 0 saturated carbocycles. The number of nitrogens with one attached hydrogen (secondary N) is 1. The largest absolute Gasteiger partial charge is 0.484 e. The normalized spacial score (nSPS) is 11.2. The number of para-hydroxylation sites is 1. The molecule has 0 bridgehead atoms. The van der Waals surface area contributed by atoms with Crippen molar-refractivity contribution in [2.45, 2.75) is 11.4 Å². The van der Waals surface area contributed by atoms with E-state index in [1.165, 1.54) is 22.7 Å². The zero-order chi connectivity index (χ0) is 27.7. The lowest BCUT2D eigenvalue weighted by Crippen LogP contribution is -2.33. The Morgan fingerprint density at radius 1 is 0.846 bits per heavy atom. The van der Waals surface area contributed by atoms with Gasteiger partial charge in [-0.2, -0.15) is 5.10 Å². The lowest BCUT2D eigenvalue weighted by atomic mass is 10.1. The number of ether oxygens (including phenoxy) is 1. The second-order valence-corrected chi connectivity index (χ2v) is 10.2. The number of hydrazone groups is 1. The summed E-state index contributed by atoms with van der Waals surface area (Å²) in [6.07, 6.45) is 1.43. The monoisotopic (exact) mass is 542 g/mol. The SMILES string of the molecule is NC(=O)COc1ccc(/C=N\NC(=O)c2ccccc2N(Cc2ccccc2)S(=O)(=O)c2ccccc2)cc1. The van der Waals surface area contributed by atoms with Gasteiger partial charge in [-0.3, -0.25) is 13.9 Å². The molecule has 0 radical (unpaired) electrons. The van der Waals surface area contributed by atoms with Crippen LogP contribution < -0.4 is 20.2 Å². The summed E-state index contributed by atoms with van der Waals surface area (Å²) in [7, 11) is -4.01. The molecule has 3 N–H and O–H groups in total. The van der Waals surface area contributed by atoms with Crippen LogP contribution in [0.2, 0.25) is 0 Å². The number of primary amides is 1. The molecular formula is C29H26N4O5S. The van der Waals surface area contributed by atoms with Gasteiger partial charge in [0.25, 0.3) is 21.8 Å². The van der Waals surface area contributed by atoms with Crippen LogP contribution in [0.15, 0.2) is 119 Å². The van der Waals surface area contributed by atoms with Gasteiger partial charge in [-0.25, -0.2) is 13.8 Å². The molecule has 0 unspecified atom stereocenters. The number of rotatable bonds is 11.